The first-order valence-electron chi connectivity index (χ1n) is 16.2. The molecule has 6 heteroatoms. The van der Waals surface area contributed by atoms with Crippen LogP contribution in [0.4, 0.5) is 17.1 Å². The van der Waals surface area contributed by atoms with Gasteiger partial charge in [-0.3, -0.25) is 5.41 Å². The fourth-order valence-corrected chi connectivity index (χ4v) is 6.33. The molecule has 0 radical (unpaired) electrons. The minimum absolute atomic E-state index is 0.0870. The van der Waals surface area contributed by atoms with Gasteiger partial charge in [-0.2, -0.15) is 0 Å². The molecule has 2 N–H and O–H groups in total. The van der Waals surface area contributed by atoms with E-state index < -0.39 is 0 Å². The minimum Gasteiger partial charge on any atom is -0.452 e. The summed E-state index contributed by atoms with van der Waals surface area (Å²) in [4.78, 5) is 12.0. The van der Waals surface area contributed by atoms with Crippen LogP contribution in [0.15, 0.2) is 173 Å². The smallest absolute Gasteiger partial charge is 0.159 e. The average molecular weight is 624 g/mol. The molecule has 5 aromatic rings. The van der Waals surface area contributed by atoms with Gasteiger partial charge in [0.25, 0.3) is 0 Å². The molecule has 0 saturated heterocycles. The molecule has 48 heavy (non-hydrogen) atoms. The van der Waals surface area contributed by atoms with Crippen LogP contribution in [-0.2, 0) is 0 Å². The molecule has 6 nitrogen and oxygen atoms in total. The van der Waals surface area contributed by atoms with Crippen LogP contribution in [0.25, 0.3) is 10.8 Å². The normalized spacial score (nSPS) is 16.9. The quantitative estimate of drug-likeness (QED) is 0.148. The standard InChI is InChI=1S/C42H33N5O/c43-41(31-13-2-1-3-14-31)46-42(33-16-9-15-32(26-33)34-17-10-24-44-28-34)45-27-29-11-8-18-35(25-29)47-37-20-6-7-21-39(37)48-40-36-19-5-4-12-30(36)22-23-38(40)47/h1-15,17-23,25-28,33,43-44H,16,24H2. The molecule has 1 unspecified atom stereocenters. The molecule has 0 bridgehead atoms. The second-order valence-electron chi connectivity index (χ2n) is 11.9. The Morgan fingerprint density at radius 3 is 2.54 bits per heavy atom. The zero-order chi connectivity index (χ0) is 32.3. The second-order valence-corrected chi connectivity index (χ2v) is 11.9. The van der Waals surface area contributed by atoms with Gasteiger partial charge in [-0.1, -0.05) is 115 Å². The number of benzene rings is 5. The van der Waals surface area contributed by atoms with E-state index in [-0.39, 0.29) is 11.8 Å². The Morgan fingerprint density at radius 1 is 0.812 bits per heavy atom. The van der Waals surface area contributed by atoms with Crippen molar-refractivity contribution in [3.8, 4) is 11.5 Å². The van der Waals surface area contributed by atoms with Gasteiger partial charge in [0.15, 0.2) is 17.3 Å². The molecule has 3 aliphatic rings. The summed E-state index contributed by atoms with van der Waals surface area (Å²) in [5, 5.41) is 14.3. The highest BCUT2D eigenvalue weighted by atomic mass is 16.5. The van der Waals surface area contributed by atoms with Crippen molar-refractivity contribution in [2.45, 2.75) is 6.42 Å². The second kappa shape index (κ2) is 12.9. The number of dihydropyridines is 1. The van der Waals surface area contributed by atoms with E-state index in [1.807, 2.05) is 79.1 Å². The predicted octanol–water partition coefficient (Wildman–Crippen LogP) is 9.80. The van der Waals surface area contributed by atoms with Gasteiger partial charge in [0.1, 0.15) is 5.84 Å². The Morgan fingerprint density at radius 2 is 1.65 bits per heavy atom. The number of nitrogens with zero attached hydrogens (tertiary/aromatic N) is 3. The van der Waals surface area contributed by atoms with E-state index in [9.17, 15) is 0 Å². The number of fused-ring (bicyclic) bond motifs is 4. The van der Waals surface area contributed by atoms with Crippen molar-refractivity contribution in [3.63, 3.8) is 0 Å². The van der Waals surface area contributed by atoms with Crippen LogP contribution in [-0.4, -0.2) is 24.4 Å². The van der Waals surface area contributed by atoms with Crippen molar-refractivity contribution in [2.24, 2.45) is 15.9 Å². The van der Waals surface area contributed by atoms with Gasteiger partial charge in [-0.05, 0) is 58.8 Å². The fraction of sp³-hybridized carbons (Fsp3) is 0.0714. The number of rotatable bonds is 5. The number of aliphatic imine (C=N–C) groups is 2. The van der Waals surface area contributed by atoms with Gasteiger partial charge < -0.3 is 15.0 Å². The minimum atomic E-state index is -0.0870. The van der Waals surface area contributed by atoms with E-state index in [1.54, 1.807) is 0 Å². The van der Waals surface area contributed by atoms with Crippen LogP contribution in [0, 0.1) is 11.3 Å². The van der Waals surface area contributed by atoms with Crippen molar-refractivity contribution in [1.29, 1.82) is 5.41 Å². The summed E-state index contributed by atoms with van der Waals surface area (Å²) >= 11 is 0. The molecule has 0 fully saturated rings. The van der Waals surface area contributed by atoms with Gasteiger partial charge in [0, 0.05) is 41.5 Å². The average Bonchev–Trinajstić information content (AvgIpc) is 3.16. The summed E-state index contributed by atoms with van der Waals surface area (Å²) in [6, 6.07) is 38.7. The molecular weight excluding hydrogens is 590 g/mol. The number of amidine groups is 2. The van der Waals surface area contributed by atoms with E-state index in [2.05, 4.69) is 89.1 Å². The van der Waals surface area contributed by atoms with Gasteiger partial charge >= 0.3 is 0 Å². The van der Waals surface area contributed by atoms with Gasteiger partial charge in [0.05, 0.1) is 11.4 Å². The van der Waals surface area contributed by atoms with Gasteiger partial charge in [-0.15, -0.1) is 0 Å². The third-order valence-corrected chi connectivity index (χ3v) is 8.69. The van der Waals surface area contributed by atoms with E-state index >= 15 is 0 Å². The maximum atomic E-state index is 8.82. The largest absolute Gasteiger partial charge is 0.452 e. The first-order chi connectivity index (χ1) is 23.7. The highest BCUT2D eigenvalue weighted by Crippen LogP contribution is 2.52. The van der Waals surface area contributed by atoms with Crippen molar-refractivity contribution >= 4 is 45.7 Å². The first kappa shape index (κ1) is 29.2. The fourth-order valence-electron chi connectivity index (χ4n) is 6.33. The van der Waals surface area contributed by atoms with Crippen LogP contribution in [0.2, 0.25) is 0 Å². The Bertz CT molecular complexity index is 2220. The molecule has 232 valence electrons. The lowest BCUT2D eigenvalue weighted by Crippen LogP contribution is -2.17. The van der Waals surface area contributed by atoms with Crippen molar-refractivity contribution < 1.29 is 4.74 Å². The molecule has 1 atom stereocenters. The van der Waals surface area contributed by atoms with E-state index in [0.29, 0.717) is 5.84 Å². The summed E-state index contributed by atoms with van der Waals surface area (Å²) in [7, 11) is 0. The lowest BCUT2D eigenvalue weighted by atomic mass is 9.91. The lowest BCUT2D eigenvalue weighted by molar-refractivity contribution is 0.482. The highest BCUT2D eigenvalue weighted by Gasteiger charge is 2.27. The zero-order valence-electron chi connectivity index (χ0n) is 26.3. The summed E-state index contributed by atoms with van der Waals surface area (Å²) < 4.78 is 6.52. The molecule has 0 spiro atoms. The zero-order valence-corrected chi connectivity index (χ0v) is 26.3. The van der Waals surface area contributed by atoms with Crippen molar-refractivity contribution in [2.75, 3.05) is 11.4 Å². The number of allylic oxidation sites excluding steroid dienone is 5. The molecule has 2 heterocycles. The van der Waals surface area contributed by atoms with Crippen LogP contribution in [0.3, 0.4) is 0 Å². The van der Waals surface area contributed by atoms with Crippen LogP contribution in [0.5, 0.6) is 11.5 Å². The molecule has 0 saturated carbocycles. The number of anilines is 3. The summed E-state index contributed by atoms with van der Waals surface area (Å²) in [5.41, 5.74) is 6.86. The highest BCUT2D eigenvalue weighted by molar-refractivity contribution is 6.08. The number of nitrogens with one attached hydrogen (secondary N) is 2. The molecule has 0 amide bonds. The topological polar surface area (TPSA) is 73.1 Å². The predicted molar refractivity (Wildman–Crippen MR) is 198 cm³/mol. The number of para-hydroxylation sites is 2. The molecule has 2 aliphatic heterocycles. The number of ether oxygens (including phenoxy) is 1. The molecular formula is C42H33N5O. The summed E-state index contributed by atoms with van der Waals surface area (Å²) in [5.74, 6) is 2.34. The van der Waals surface area contributed by atoms with Gasteiger partial charge in [0.2, 0.25) is 0 Å². The Hall–Kier alpha value is -6.27. The summed E-state index contributed by atoms with van der Waals surface area (Å²) in [6.07, 6.45) is 15.4. The molecule has 5 aromatic carbocycles. The number of hydrogen-bond acceptors (Lipinski definition) is 4. The SMILES string of the molecule is N=C(N=C(N=Cc1cccc(N2c3ccccc3Oc3c2ccc2ccccc32)c1)C1C=C(C2=CNCC=C2)C=CC1)c1ccccc1. The Balaban J connectivity index is 1.17. The van der Waals surface area contributed by atoms with E-state index in [0.717, 1.165) is 74.6 Å². The maximum absolute atomic E-state index is 8.82. The third kappa shape index (κ3) is 5.76. The van der Waals surface area contributed by atoms with Crippen molar-refractivity contribution in [1.82, 2.24) is 5.32 Å². The number of hydrogen-bond donors (Lipinski definition) is 2. The van der Waals surface area contributed by atoms with Crippen LogP contribution in [0.1, 0.15) is 17.5 Å². The Labute approximate surface area is 280 Å². The van der Waals surface area contributed by atoms with Crippen LogP contribution >= 0.6 is 0 Å². The monoisotopic (exact) mass is 623 g/mol. The lowest BCUT2D eigenvalue weighted by Gasteiger charge is -2.33. The Kier molecular flexibility index (Phi) is 7.81. The molecule has 8 rings (SSSR count). The molecule has 1 aliphatic carbocycles. The van der Waals surface area contributed by atoms with Crippen LogP contribution < -0.4 is 15.0 Å². The first-order valence-corrected chi connectivity index (χ1v) is 16.2. The maximum Gasteiger partial charge on any atom is 0.159 e. The molecule has 0 aromatic heterocycles. The van der Waals surface area contributed by atoms with E-state index in [4.69, 9.17) is 20.1 Å². The van der Waals surface area contributed by atoms with Crippen molar-refractivity contribution in [3.05, 3.63) is 174 Å². The van der Waals surface area contributed by atoms with Gasteiger partial charge in [-0.25, -0.2) is 9.98 Å². The summed E-state index contributed by atoms with van der Waals surface area (Å²) in [6.45, 7) is 0.826. The van der Waals surface area contributed by atoms with E-state index in [1.165, 1.54) is 0 Å². The third-order valence-electron chi connectivity index (χ3n) is 8.69.